The smallest absolute Gasteiger partial charge is 0.143 e. The van der Waals surface area contributed by atoms with Crippen LogP contribution in [0.5, 0.6) is 0 Å². The lowest BCUT2D eigenvalue weighted by molar-refractivity contribution is 0.669. The molecule has 0 radical (unpaired) electrons. The van der Waals surface area contributed by atoms with Crippen molar-refractivity contribution in [3.05, 3.63) is 218 Å². The monoisotopic (exact) mass is 785 g/mol. The van der Waals surface area contributed by atoms with E-state index >= 15 is 0 Å². The Kier molecular flexibility index (Phi) is 9.28. The molecular formula is C58H43NO2. The molecule has 1 aliphatic carbocycles. The van der Waals surface area contributed by atoms with Gasteiger partial charge in [0.05, 0.1) is 5.69 Å². The van der Waals surface area contributed by atoms with Crippen molar-refractivity contribution in [3.8, 4) is 22.3 Å². The minimum atomic E-state index is 0.553. The van der Waals surface area contributed by atoms with Gasteiger partial charge in [-0.15, -0.1) is 0 Å². The second-order valence-electron chi connectivity index (χ2n) is 15.9. The summed E-state index contributed by atoms with van der Waals surface area (Å²) in [5.41, 5.74) is 13.8. The van der Waals surface area contributed by atoms with Gasteiger partial charge < -0.3 is 13.7 Å². The summed E-state index contributed by atoms with van der Waals surface area (Å²) in [5, 5.41) is 6.72. The molecular weight excluding hydrogens is 743 g/mol. The molecule has 1 unspecified atom stereocenters. The van der Waals surface area contributed by atoms with E-state index in [0.29, 0.717) is 5.92 Å². The first-order valence-electron chi connectivity index (χ1n) is 21.2. The Bertz CT molecular complexity index is 3370. The van der Waals surface area contributed by atoms with Crippen LogP contribution in [0, 0.1) is 5.92 Å². The molecule has 292 valence electrons. The van der Waals surface area contributed by atoms with E-state index in [0.717, 1.165) is 90.3 Å². The third-order valence-electron chi connectivity index (χ3n) is 12.2. The Balaban J connectivity index is 0.993. The van der Waals surface area contributed by atoms with Crippen molar-refractivity contribution < 1.29 is 8.83 Å². The molecule has 3 nitrogen and oxygen atoms in total. The highest BCUT2D eigenvalue weighted by molar-refractivity contribution is 6.16. The predicted octanol–water partition coefficient (Wildman–Crippen LogP) is 16.9. The van der Waals surface area contributed by atoms with Crippen LogP contribution in [-0.4, -0.2) is 0 Å². The van der Waals surface area contributed by atoms with E-state index in [1.54, 1.807) is 0 Å². The van der Waals surface area contributed by atoms with Gasteiger partial charge in [0.2, 0.25) is 0 Å². The summed E-state index contributed by atoms with van der Waals surface area (Å²) in [6, 6.07) is 60.9. The van der Waals surface area contributed by atoms with Crippen LogP contribution in [0.3, 0.4) is 0 Å². The van der Waals surface area contributed by atoms with Crippen LogP contribution in [0.2, 0.25) is 0 Å². The molecule has 2 aromatic heterocycles. The van der Waals surface area contributed by atoms with Crippen LogP contribution in [0.1, 0.15) is 25.3 Å². The SMILES string of the molecule is C/C=C\C(=C/CC1C=CC=CC1)c1ccc(-c2ccc(N(c3ccc4oc5ccccc5c4c3)c3ccccc3-c3ccc4oc5c6ccccc6ccc5c4c3)cc2)cc1. The summed E-state index contributed by atoms with van der Waals surface area (Å²) < 4.78 is 12.8. The second-order valence-corrected chi connectivity index (χ2v) is 15.9. The maximum Gasteiger partial charge on any atom is 0.143 e. The zero-order chi connectivity index (χ0) is 40.7. The number of hydrogen-bond acceptors (Lipinski definition) is 3. The Hall–Kier alpha value is -7.62. The fraction of sp³-hybridized carbons (Fsp3) is 0.0690. The third-order valence-corrected chi connectivity index (χ3v) is 12.2. The van der Waals surface area contributed by atoms with E-state index < -0.39 is 0 Å². The predicted molar refractivity (Wildman–Crippen MR) is 258 cm³/mol. The van der Waals surface area contributed by atoms with Crippen molar-refractivity contribution >= 4 is 77.3 Å². The molecule has 0 aliphatic heterocycles. The van der Waals surface area contributed by atoms with Crippen LogP contribution in [-0.2, 0) is 0 Å². The fourth-order valence-corrected chi connectivity index (χ4v) is 9.07. The van der Waals surface area contributed by atoms with Crippen LogP contribution in [0.25, 0.3) is 82.5 Å². The average Bonchev–Trinajstić information content (AvgIpc) is 3.89. The van der Waals surface area contributed by atoms with Crippen molar-refractivity contribution in [2.75, 3.05) is 4.90 Å². The minimum absolute atomic E-state index is 0.553. The van der Waals surface area contributed by atoms with Crippen LogP contribution < -0.4 is 4.90 Å². The summed E-state index contributed by atoms with van der Waals surface area (Å²) in [6.07, 6.45) is 17.7. The first-order valence-corrected chi connectivity index (χ1v) is 21.2. The summed E-state index contributed by atoms with van der Waals surface area (Å²) >= 11 is 0. The average molecular weight is 786 g/mol. The number of allylic oxidation sites excluding steroid dienone is 8. The molecule has 0 saturated heterocycles. The van der Waals surface area contributed by atoms with Crippen LogP contribution in [0.15, 0.2) is 221 Å². The maximum atomic E-state index is 6.52. The van der Waals surface area contributed by atoms with Gasteiger partial charge in [-0.1, -0.05) is 152 Å². The number of furan rings is 2. The Morgan fingerprint density at radius 1 is 0.574 bits per heavy atom. The van der Waals surface area contributed by atoms with Crippen molar-refractivity contribution in [2.24, 2.45) is 5.92 Å². The van der Waals surface area contributed by atoms with Gasteiger partial charge in [-0.2, -0.15) is 0 Å². The van der Waals surface area contributed by atoms with E-state index in [1.165, 1.54) is 27.6 Å². The van der Waals surface area contributed by atoms with E-state index in [2.05, 4.69) is 212 Å². The van der Waals surface area contributed by atoms with Crippen molar-refractivity contribution in [1.82, 2.24) is 0 Å². The zero-order valence-corrected chi connectivity index (χ0v) is 34.0. The highest BCUT2D eigenvalue weighted by Crippen LogP contribution is 2.45. The Morgan fingerprint density at radius 2 is 1.26 bits per heavy atom. The molecule has 0 amide bonds. The number of benzene rings is 8. The van der Waals surface area contributed by atoms with Gasteiger partial charge in [0.15, 0.2) is 0 Å². The van der Waals surface area contributed by atoms with Gasteiger partial charge in [0.1, 0.15) is 22.3 Å². The van der Waals surface area contributed by atoms with Gasteiger partial charge in [0.25, 0.3) is 0 Å². The van der Waals surface area contributed by atoms with Crippen LogP contribution >= 0.6 is 0 Å². The zero-order valence-electron chi connectivity index (χ0n) is 34.0. The van der Waals surface area contributed by atoms with E-state index in [1.807, 2.05) is 12.1 Å². The lowest BCUT2D eigenvalue weighted by Gasteiger charge is -2.28. The molecule has 11 rings (SSSR count). The summed E-state index contributed by atoms with van der Waals surface area (Å²) in [4.78, 5) is 2.38. The molecule has 2 heterocycles. The molecule has 8 aromatic carbocycles. The molecule has 1 aliphatic rings. The fourth-order valence-electron chi connectivity index (χ4n) is 9.07. The summed E-state index contributed by atoms with van der Waals surface area (Å²) in [5.74, 6) is 0.553. The topological polar surface area (TPSA) is 29.5 Å². The molecule has 0 saturated carbocycles. The maximum absolute atomic E-state index is 6.52. The Morgan fingerprint density at radius 3 is 2.10 bits per heavy atom. The first-order chi connectivity index (χ1) is 30.2. The standard InChI is InChI=1S/C58H43NO2/c1-2-12-40(22-21-39-13-4-3-5-14-39)41-23-25-42(26-24-41)43-27-31-46(32-28-43)59(47-33-36-56-53(38-47)50-18-9-11-20-55(50)60-56)54-19-10-8-16-48(54)45-30-35-57-52(37-45)51-34-29-44-15-6-7-17-49(44)58(51)61-57/h2-13,15-20,22-39H,14,21H2,1H3/b12-2-,40-22+. The summed E-state index contributed by atoms with van der Waals surface area (Å²) in [7, 11) is 0. The molecule has 0 N–H and O–H groups in total. The minimum Gasteiger partial charge on any atom is -0.456 e. The normalized spacial score (nSPS) is 14.4. The Labute approximate surface area is 355 Å². The van der Waals surface area contributed by atoms with Crippen molar-refractivity contribution in [2.45, 2.75) is 19.8 Å². The molecule has 0 fully saturated rings. The molecule has 61 heavy (non-hydrogen) atoms. The highest BCUT2D eigenvalue weighted by atomic mass is 16.3. The van der Waals surface area contributed by atoms with Crippen molar-refractivity contribution in [3.63, 3.8) is 0 Å². The lowest BCUT2D eigenvalue weighted by atomic mass is 9.94. The van der Waals surface area contributed by atoms with Gasteiger partial charge in [-0.3, -0.25) is 0 Å². The molecule has 1 atom stereocenters. The quantitative estimate of drug-likeness (QED) is 0.137. The molecule has 10 aromatic rings. The van der Waals surface area contributed by atoms with E-state index in [-0.39, 0.29) is 0 Å². The highest BCUT2D eigenvalue weighted by Gasteiger charge is 2.20. The number of para-hydroxylation sites is 2. The number of hydrogen-bond donors (Lipinski definition) is 0. The van der Waals surface area contributed by atoms with Gasteiger partial charge in [0, 0.05) is 43.9 Å². The first kappa shape index (κ1) is 36.5. The molecule has 0 bridgehead atoms. The lowest BCUT2D eigenvalue weighted by Crippen LogP contribution is -2.11. The number of nitrogens with zero attached hydrogens (tertiary/aromatic N) is 1. The number of fused-ring (bicyclic) bond motifs is 8. The number of anilines is 3. The van der Waals surface area contributed by atoms with Gasteiger partial charge in [-0.05, 0) is 120 Å². The largest absolute Gasteiger partial charge is 0.456 e. The van der Waals surface area contributed by atoms with Crippen molar-refractivity contribution in [1.29, 1.82) is 0 Å². The third kappa shape index (κ3) is 6.75. The number of rotatable bonds is 9. The van der Waals surface area contributed by atoms with Gasteiger partial charge in [-0.25, -0.2) is 0 Å². The second kappa shape index (κ2) is 15.5. The summed E-state index contributed by atoms with van der Waals surface area (Å²) in [6.45, 7) is 2.09. The van der Waals surface area contributed by atoms with E-state index in [9.17, 15) is 0 Å². The van der Waals surface area contributed by atoms with Gasteiger partial charge >= 0.3 is 0 Å². The van der Waals surface area contributed by atoms with E-state index in [4.69, 9.17) is 8.83 Å². The van der Waals surface area contributed by atoms with Crippen LogP contribution in [0.4, 0.5) is 17.1 Å². The molecule has 0 spiro atoms. The molecule has 3 heteroatoms.